The van der Waals surface area contributed by atoms with Crippen LogP contribution in [0.2, 0.25) is 0 Å². The first-order valence-corrected chi connectivity index (χ1v) is 9.30. The quantitative estimate of drug-likeness (QED) is 0.799. The van der Waals surface area contributed by atoms with Crippen LogP contribution in [0.15, 0.2) is 24.3 Å². The van der Waals surface area contributed by atoms with Crippen LogP contribution in [0.5, 0.6) is 0 Å². The highest BCUT2D eigenvalue weighted by Gasteiger charge is 2.24. The fourth-order valence-corrected chi connectivity index (χ4v) is 3.05. The Balaban J connectivity index is 1.66. The number of hydrogen-bond acceptors (Lipinski definition) is 3. The third kappa shape index (κ3) is 5.98. The molecule has 1 aliphatic heterocycles. The summed E-state index contributed by atoms with van der Waals surface area (Å²) < 4.78 is 12.9. The van der Waals surface area contributed by atoms with Gasteiger partial charge in [-0.05, 0) is 38.0 Å². The molecule has 2 rings (SSSR count). The predicted octanol–water partition coefficient (Wildman–Crippen LogP) is 1.56. The van der Waals surface area contributed by atoms with Crippen LogP contribution in [0.3, 0.4) is 0 Å². The van der Waals surface area contributed by atoms with Gasteiger partial charge in [-0.2, -0.15) is 0 Å². The summed E-state index contributed by atoms with van der Waals surface area (Å²) in [7, 11) is 0. The average Bonchev–Trinajstić information content (AvgIpc) is 2.65. The minimum atomic E-state index is -0.253. The third-order valence-corrected chi connectivity index (χ3v) is 4.69. The molecule has 0 aliphatic carbocycles. The van der Waals surface area contributed by atoms with E-state index in [1.807, 2.05) is 23.6 Å². The minimum Gasteiger partial charge on any atom is -0.355 e. The number of hydrogen-bond donors (Lipinski definition) is 1. The number of piperazine rings is 1. The Morgan fingerprint density at radius 2 is 1.69 bits per heavy atom. The molecule has 1 aromatic rings. The van der Waals surface area contributed by atoms with Crippen molar-refractivity contribution >= 4 is 11.9 Å². The van der Waals surface area contributed by atoms with E-state index in [0.717, 1.165) is 5.56 Å². The maximum atomic E-state index is 12.9. The zero-order valence-electron chi connectivity index (χ0n) is 15.7. The highest BCUT2D eigenvalue weighted by Crippen LogP contribution is 2.06. The van der Waals surface area contributed by atoms with Crippen molar-refractivity contribution in [1.29, 1.82) is 0 Å². The lowest BCUT2D eigenvalue weighted by molar-refractivity contribution is -0.122. The summed E-state index contributed by atoms with van der Waals surface area (Å²) in [5, 5.41) is 2.90. The Hall–Kier alpha value is -2.15. The molecule has 3 amide bonds. The van der Waals surface area contributed by atoms with Gasteiger partial charge in [-0.1, -0.05) is 12.1 Å². The van der Waals surface area contributed by atoms with E-state index >= 15 is 0 Å². The molecule has 7 heteroatoms. The molecule has 26 heavy (non-hydrogen) atoms. The molecule has 0 unspecified atom stereocenters. The van der Waals surface area contributed by atoms with Gasteiger partial charge in [-0.15, -0.1) is 0 Å². The van der Waals surface area contributed by atoms with E-state index in [4.69, 9.17) is 0 Å². The molecular formula is C19H29FN4O2. The van der Waals surface area contributed by atoms with Crippen molar-refractivity contribution in [3.8, 4) is 0 Å². The Bertz CT molecular complexity index is 582. The van der Waals surface area contributed by atoms with Gasteiger partial charge >= 0.3 is 6.03 Å². The molecule has 144 valence electrons. The molecule has 1 saturated heterocycles. The summed E-state index contributed by atoms with van der Waals surface area (Å²) in [4.78, 5) is 30.1. The van der Waals surface area contributed by atoms with Crippen molar-refractivity contribution < 1.29 is 14.0 Å². The minimum absolute atomic E-state index is 0.0179. The molecule has 1 heterocycles. The second kappa shape index (κ2) is 10.1. The number of halogens is 1. The number of benzene rings is 1. The zero-order valence-corrected chi connectivity index (χ0v) is 15.7. The molecule has 1 aromatic carbocycles. The lowest BCUT2D eigenvalue weighted by Crippen LogP contribution is -2.54. The molecule has 0 aromatic heterocycles. The summed E-state index contributed by atoms with van der Waals surface area (Å²) in [6.45, 7) is 8.98. The van der Waals surface area contributed by atoms with Crippen molar-refractivity contribution in [2.24, 2.45) is 0 Å². The van der Waals surface area contributed by atoms with Gasteiger partial charge < -0.3 is 15.1 Å². The molecule has 1 N–H and O–H groups in total. The van der Waals surface area contributed by atoms with Crippen LogP contribution < -0.4 is 5.32 Å². The smallest absolute Gasteiger partial charge is 0.320 e. The normalized spacial score (nSPS) is 15.0. The Morgan fingerprint density at radius 3 is 2.27 bits per heavy atom. The molecule has 0 bridgehead atoms. The van der Waals surface area contributed by atoms with Gasteiger partial charge in [0.1, 0.15) is 5.82 Å². The van der Waals surface area contributed by atoms with Gasteiger partial charge in [0.05, 0.1) is 6.54 Å². The zero-order chi connectivity index (χ0) is 18.9. The molecule has 0 atom stereocenters. The maximum Gasteiger partial charge on any atom is 0.320 e. The molecule has 1 fully saturated rings. The third-order valence-electron chi connectivity index (χ3n) is 4.69. The van der Waals surface area contributed by atoms with Crippen molar-refractivity contribution in [2.45, 2.75) is 20.3 Å². The van der Waals surface area contributed by atoms with Gasteiger partial charge in [-0.25, -0.2) is 9.18 Å². The van der Waals surface area contributed by atoms with E-state index in [9.17, 15) is 14.0 Å². The van der Waals surface area contributed by atoms with Crippen molar-refractivity contribution in [3.05, 3.63) is 35.6 Å². The largest absolute Gasteiger partial charge is 0.355 e. The Morgan fingerprint density at radius 1 is 1.08 bits per heavy atom. The number of amides is 3. The number of carbonyl (C=O) groups is 2. The van der Waals surface area contributed by atoms with Crippen molar-refractivity contribution in [3.63, 3.8) is 0 Å². The Labute approximate surface area is 154 Å². The fraction of sp³-hybridized carbons (Fsp3) is 0.579. The highest BCUT2D eigenvalue weighted by atomic mass is 19.1. The van der Waals surface area contributed by atoms with E-state index < -0.39 is 0 Å². The van der Waals surface area contributed by atoms with E-state index in [1.54, 1.807) is 12.1 Å². The molecular weight excluding hydrogens is 335 g/mol. The molecule has 1 aliphatic rings. The number of urea groups is 1. The van der Waals surface area contributed by atoms with Crippen molar-refractivity contribution in [2.75, 3.05) is 52.4 Å². The number of nitrogens with one attached hydrogen (secondary N) is 1. The first kappa shape index (κ1) is 20.2. The van der Waals surface area contributed by atoms with Gasteiger partial charge in [0, 0.05) is 45.8 Å². The topological polar surface area (TPSA) is 55.9 Å². The monoisotopic (exact) mass is 364 g/mol. The summed E-state index contributed by atoms with van der Waals surface area (Å²) in [6.07, 6.45) is 0.679. The predicted molar refractivity (Wildman–Crippen MR) is 99.4 cm³/mol. The number of carbonyl (C=O) groups excluding carboxylic acids is 2. The number of nitrogens with zero attached hydrogens (tertiary/aromatic N) is 3. The molecule has 0 spiro atoms. The van der Waals surface area contributed by atoms with Gasteiger partial charge in [0.2, 0.25) is 5.91 Å². The van der Waals surface area contributed by atoms with Crippen LogP contribution >= 0.6 is 0 Å². The lowest BCUT2D eigenvalue weighted by Gasteiger charge is -2.36. The van der Waals surface area contributed by atoms with Crippen LogP contribution in [-0.4, -0.2) is 79.0 Å². The number of rotatable bonds is 7. The maximum absolute atomic E-state index is 12.9. The summed E-state index contributed by atoms with van der Waals surface area (Å²) in [5.41, 5.74) is 0.996. The lowest BCUT2D eigenvalue weighted by atomic mass is 10.1. The van der Waals surface area contributed by atoms with Crippen LogP contribution in [0.4, 0.5) is 9.18 Å². The first-order chi connectivity index (χ1) is 12.5. The molecule has 0 radical (unpaired) electrons. The highest BCUT2D eigenvalue weighted by molar-refractivity contribution is 5.78. The second-order valence-electron chi connectivity index (χ2n) is 6.44. The Kier molecular flexibility index (Phi) is 7.84. The van der Waals surface area contributed by atoms with Crippen LogP contribution in [-0.2, 0) is 11.2 Å². The summed E-state index contributed by atoms with van der Waals surface area (Å²) in [6, 6.07) is 6.39. The van der Waals surface area contributed by atoms with Crippen LogP contribution in [0.25, 0.3) is 0 Å². The van der Waals surface area contributed by atoms with Gasteiger partial charge in [-0.3, -0.25) is 9.69 Å². The second-order valence-corrected chi connectivity index (χ2v) is 6.44. The standard InChI is InChI=1S/C19H29FN4O2/c1-3-23(4-2)19(26)24-13-11-22(12-14-24)15-18(25)21-10-9-16-5-7-17(20)8-6-16/h5-8H,3-4,9-15H2,1-2H3,(H,21,25). The van der Waals surface area contributed by atoms with Crippen LogP contribution in [0, 0.1) is 5.82 Å². The van der Waals surface area contributed by atoms with E-state index in [2.05, 4.69) is 10.2 Å². The van der Waals surface area contributed by atoms with Gasteiger partial charge in [0.15, 0.2) is 0 Å². The van der Waals surface area contributed by atoms with E-state index in [-0.39, 0.29) is 17.8 Å². The first-order valence-electron chi connectivity index (χ1n) is 9.30. The summed E-state index contributed by atoms with van der Waals surface area (Å²) in [5.74, 6) is -0.271. The van der Waals surface area contributed by atoms with E-state index in [0.29, 0.717) is 58.8 Å². The average molecular weight is 364 g/mol. The van der Waals surface area contributed by atoms with Gasteiger partial charge in [0.25, 0.3) is 0 Å². The molecule has 6 nitrogen and oxygen atoms in total. The van der Waals surface area contributed by atoms with Crippen LogP contribution in [0.1, 0.15) is 19.4 Å². The summed E-state index contributed by atoms with van der Waals surface area (Å²) >= 11 is 0. The van der Waals surface area contributed by atoms with Crippen molar-refractivity contribution in [1.82, 2.24) is 20.0 Å². The fourth-order valence-electron chi connectivity index (χ4n) is 3.05. The molecule has 0 saturated carbocycles. The SMILES string of the molecule is CCN(CC)C(=O)N1CCN(CC(=O)NCCc2ccc(F)cc2)CC1. The van der Waals surface area contributed by atoms with E-state index in [1.165, 1.54) is 12.1 Å².